The molecular weight excluding hydrogens is 373 g/mol. The summed E-state index contributed by atoms with van der Waals surface area (Å²) in [6.45, 7) is 0.445. The third-order valence-corrected chi connectivity index (χ3v) is 5.71. The van der Waals surface area contributed by atoms with Crippen molar-refractivity contribution in [2.75, 3.05) is 13.7 Å². The highest BCUT2D eigenvalue weighted by Crippen LogP contribution is 2.36. The topological polar surface area (TPSA) is 77.7 Å². The maximum Gasteiger partial charge on any atom is 0.268 e. The number of hydrogen-bond acceptors (Lipinski definition) is 3. The van der Waals surface area contributed by atoms with Gasteiger partial charge in [0.25, 0.3) is 11.8 Å². The normalized spacial score (nSPS) is 22.3. The van der Waals surface area contributed by atoms with Crippen LogP contribution < -0.4 is 5.32 Å². The summed E-state index contributed by atoms with van der Waals surface area (Å²) >= 11 is 0. The number of epoxide rings is 1. The van der Waals surface area contributed by atoms with Crippen molar-refractivity contribution in [2.45, 2.75) is 24.6 Å². The van der Waals surface area contributed by atoms with Crippen molar-refractivity contribution < 1.29 is 18.7 Å². The van der Waals surface area contributed by atoms with Crippen LogP contribution in [0.4, 0.5) is 4.39 Å². The fourth-order valence-electron chi connectivity index (χ4n) is 4.21. The molecule has 2 aromatic carbocycles. The minimum Gasteiger partial charge on any atom is -0.363 e. The van der Waals surface area contributed by atoms with Gasteiger partial charge in [-0.3, -0.25) is 9.59 Å². The lowest BCUT2D eigenvalue weighted by molar-refractivity contribution is -0.133. The molecule has 1 aliphatic carbocycles. The third kappa shape index (κ3) is 3.17. The number of benzene rings is 2. The molecule has 0 bridgehead atoms. The molecule has 1 fully saturated rings. The van der Waals surface area contributed by atoms with Gasteiger partial charge in [-0.2, -0.15) is 0 Å². The van der Waals surface area contributed by atoms with Crippen LogP contribution in [0.1, 0.15) is 27.7 Å². The zero-order chi connectivity index (χ0) is 20.1. The Morgan fingerprint density at radius 2 is 2.00 bits per heavy atom. The van der Waals surface area contributed by atoms with Crippen molar-refractivity contribution in [2.24, 2.45) is 0 Å². The summed E-state index contributed by atoms with van der Waals surface area (Å²) in [5.41, 5.74) is 3.20. The van der Waals surface area contributed by atoms with Gasteiger partial charge in [0, 0.05) is 18.0 Å². The van der Waals surface area contributed by atoms with Crippen molar-refractivity contribution >= 4 is 22.7 Å². The Morgan fingerprint density at radius 1 is 1.21 bits per heavy atom. The Kier molecular flexibility index (Phi) is 4.13. The first-order valence-electron chi connectivity index (χ1n) is 9.56. The van der Waals surface area contributed by atoms with Gasteiger partial charge in [-0.05, 0) is 41.8 Å². The molecular formula is C22H20FN3O3. The maximum atomic E-state index is 13.5. The quantitative estimate of drug-likeness (QED) is 0.669. The summed E-state index contributed by atoms with van der Waals surface area (Å²) in [5.74, 6) is -0.711. The van der Waals surface area contributed by atoms with Crippen LogP contribution in [0.15, 0.2) is 48.5 Å². The second-order valence-corrected chi connectivity index (χ2v) is 7.61. The summed E-state index contributed by atoms with van der Waals surface area (Å²) in [7, 11) is 1.75. The zero-order valence-electron chi connectivity index (χ0n) is 15.8. The summed E-state index contributed by atoms with van der Waals surface area (Å²) in [5, 5.41) is 3.70. The van der Waals surface area contributed by atoms with Crippen molar-refractivity contribution in [1.29, 1.82) is 0 Å². The number of ether oxygens (including phenoxy) is 1. The molecule has 0 unspecified atom stereocenters. The first-order chi connectivity index (χ1) is 14.0. The fraction of sp³-hybridized carbons (Fsp3) is 0.273. The molecule has 7 heteroatoms. The zero-order valence-corrected chi connectivity index (χ0v) is 15.8. The van der Waals surface area contributed by atoms with Crippen molar-refractivity contribution in [3.8, 4) is 0 Å². The number of hydrogen-bond donors (Lipinski definition) is 2. The molecule has 0 spiro atoms. The van der Waals surface area contributed by atoms with Gasteiger partial charge in [0.1, 0.15) is 11.5 Å². The number of carbonyl (C=O) groups is 2. The van der Waals surface area contributed by atoms with Gasteiger partial charge in [0.05, 0.1) is 18.7 Å². The first kappa shape index (κ1) is 17.9. The second kappa shape index (κ2) is 6.70. The number of rotatable bonds is 4. The number of carbonyl (C=O) groups excluding carboxylic acids is 2. The Labute approximate surface area is 166 Å². The van der Waals surface area contributed by atoms with Crippen LogP contribution in [-0.4, -0.2) is 47.5 Å². The number of halogens is 1. The van der Waals surface area contributed by atoms with Gasteiger partial charge in [0.15, 0.2) is 6.10 Å². The Bertz CT molecular complexity index is 1120. The number of H-pyrrole nitrogens is 1. The maximum absolute atomic E-state index is 13.5. The molecule has 0 radical (unpaired) electrons. The SMILES string of the molecule is CN(C(=O)[C@@H]1CO1)[C@@H]1c2ccccc2C[C@H]1NC(=O)c1cc2cc(F)ccc2[nH]1. The van der Waals surface area contributed by atoms with Gasteiger partial charge in [-0.25, -0.2) is 4.39 Å². The number of aromatic nitrogens is 1. The molecule has 3 aromatic rings. The number of aromatic amines is 1. The number of fused-ring (bicyclic) bond motifs is 2. The molecule has 5 rings (SSSR count). The lowest BCUT2D eigenvalue weighted by Crippen LogP contribution is -2.46. The molecule has 148 valence electrons. The van der Waals surface area contributed by atoms with E-state index in [0.717, 1.165) is 11.1 Å². The Balaban J connectivity index is 1.42. The molecule has 1 aliphatic heterocycles. The van der Waals surface area contributed by atoms with Crippen LogP contribution >= 0.6 is 0 Å². The predicted octanol–water partition coefficient (Wildman–Crippen LogP) is 2.56. The average Bonchev–Trinajstić information content (AvgIpc) is 3.37. The smallest absolute Gasteiger partial charge is 0.268 e. The number of nitrogens with one attached hydrogen (secondary N) is 2. The van der Waals surface area contributed by atoms with Gasteiger partial charge >= 0.3 is 0 Å². The Hall–Kier alpha value is -3.19. The average molecular weight is 393 g/mol. The molecule has 2 amide bonds. The van der Waals surface area contributed by atoms with Gasteiger partial charge in [-0.1, -0.05) is 24.3 Å². The van der Waals surface area contributed by atoms with Crippen LogP contribution in [0, 0.1) is 5.82 Å². The molecule has 1 aromatic heterocycles. The van der Waals surface area contributed by atoms with E-state index in [-0.39, 0.29) is 35.8 Å². The van der Waals surface area contributed by atoms with Crippen molar-refractivity contribution in [3.05, 3.63) is 71.2 Å². The summed E-state index contributed by atoms with van der Waals surface area (Å²) in [6, 6.07) is 13.4. The van der Waals surface area contributed by atoms with E-state index in [1.165, 1.54) is 12.1 Å². The highest BCUT2D eigenvalue weighted by molar-refractivity contribution is 5.98. The van der Waals surface area contributed by atoms with E-state index < -0.39 is 0 Å². The van der Waals surface area contributed by atoms with E-state index in [9.17, 15) is 14.0 Å². The van der Waals surface area contributed by atoms with Crippen molar-refractivity contribution in [1.82, 2.24) is 15.2 Å². The predicted molar refractivity (Wildman–Crippen MR) is 105 cm³/mol. The Morgan fingerprint density at radius 3 is 2.79 bits per heavy atom. The molecule has 1 saturated heterocycles. The number of nitrogens with zero attached hydrogens (tertiary/aromatic N) is 1. The highest BCUT2D eigenvalue weighted by Gasteiger charge is 2.42. The monoisotopic (exact) mass is 393 g/mol. The van der Waals surface area contributed by atoms with E-state index >= 15 is 0 Å². The summed E-state index contributed by atoms with van der Waals surface area (Å²) in [4.78, 5) is 30.2. The molecule has 2 heterocycles. The van der Waals surface area contributed by atoms with E-state index in [1.807, 2.05) is 24.3 Å². The van der Waals surface area contributed by atoms with E-state index in [2.05, 4.69) is 10.3 Å². The van der Waals surface area contributed by atoms with Crippen LogP contribution in [0.2, 0.25) is 0 Å². The highest BCUT2D eigenvalue weighted by atomic mass is 19.1. The third-order valence-electron chi connectivity index (χ3n) is 5.71. The van der Waals surface area contributed by atoms with E-state index in [1.54, 1.807) is 24.1 Å². The minimum atomic E-state index is -0.382. The summed E-state index contributed by atoms with van der Waals surface area (Å²) in [6.07, 6.45) is 0.248. The largest absolute Gasteiger partial charge is 0.363 e. The van der Waals surface area contributed by atoms with Crippen LogP contribution in [0.5, 0.6) is 0 Å². The van der Waals surface area contributed by atoms with Crippen LogP contribution in [0.3, 0.4) is 0 Å². The van der Waals surface area contributed by atoms with Gasteiger partial charge in [-0.15, -0.1) is 0 Å². The minimum absolute atomic E-state index is 0.0768. The van der Waals surface area contributed by atoms with Gasteiger partial charge < -0.3 is 19.9 Å². The number of likely N-dealkylation sites (N-methyl/N-ethyl adjacent to an activating group) is 1. The lowest BCUT2D eigenvalue weighted by atomic mass is 10.0. The standard InChI is InChI=1S/C22H20FN3O3/c1-26(22(28)19-11-29-19)20-15-5-3-2-4-12(15)9-17(20)25-21(27)18-10-13-8-14(23)6-7-16(13)24-18/h2-8,10,17,19-20,24H,9,11H2,1H3,(H,25,27)/t17-,19+,20-/m1/s1. The molecule has 0 saturated carbocycles. The molecule has 2 aliphatic rings. The molecule has 6 nitrogen and oxygen atoms in total. The van der Waals surface area contributed by atoms with E-state index in [4.69, 9.17) is 4.74 Å². The first-order valence-corrected chi connectivity index (χ1v) is 9.56. The van der Waals surface area contributed by atoms with Crippen LogP contribution in [-0.2, 0) is 16.0 Å². The number of amides is 2. The molecule has 2 N–H and O–H groups in total. The molecule has 3 atom stereocenters. The van der Waals surface area contributed by atoms with E-state index in [0.29, 0.717) is 29.6 Å². The molecule has 29 heavy (non-hydrogen) atoms. The van der Waals surface area contributed by atoms with Crippen LogP contribution in [0.25, 0.3) is 10.9 Å². The lowest BCUT2D eigenvalue weighted by Gasteiger charge is -2.30. The van der Waals surface area contributed by atoms with Gasteiger partial charge in [0.2, 0.25) is 0 Å². The fourth-order valence-corrected chi connectivity index (χ4v) is 4.21. The second-order valence-electron chi connectivity index (χ2n) is 7.61. The van der Waals surface area contributed by atoms with Crippen molar-refractivity contribution in [3.63, 3.8) is 0 Å². The summed E-state index contributed by atoms with van der Waals surface area (Å²) < 4.78 is 18.6.